The topological polar surface area (TPSA) is 168 Å². The smallest absolute Gasteiger partial charge is 0.416 e. The fourth-order valence-electron chi connectivity index (χ4n) is 6.98. The van der Waals surface area contributed by atoms with E-state index in [0.29, 0.717) is 17.0 Å². The van der Waals surface area contributed by atoms with Gasteiger partial charge >= 0.3 is 19.7 Å². The normalized spacial score (nSPS) is 24.6. The monoisotopic (exact) mass is 774 g/mol. The zero-order valence-electron chi connectivity index (χ0n) is 31.4. The minimum atomic E-state index is -4.35. The number of hydrogen-bond donors (Lipinski definition) is 0. The van der Waals surface area contributed by atoms with Crippen molar-refractivity contribution in [2.45, 2.75) is 128 Å². The molecule has 4 heterocycles. The van der Waals surface area contributed by atoms with Crippen LogP contribution in [0, 0.1) is 0 Å². The van der Waals surface area contributed by atoms with E-state index in [9.17, 15) is 14.2 Å². The van der Waals surface area contributed by atoms with Crippen molar-refractivity contribution in [3.05, 3.63) is 23.1 Å². The second kappa shape index (κ2) is 16.1. The van der Waals surface area contributed by atoms with Crippen LogP contribution in [0.15, 0.2) is 12.1 Å². The molecular formula is C34H52ClN4O12P. The average Bonchev–Trinajstić information content (AvgIpc) is 3.83. The standard InChI is InChI=1S/C34H52ClN4O12P/c1-10-44-29(40)34(20-43-9,52(42,46-11-2)47-12-3)45-19-24-26-27(50-33(7,8)49-26)25(48-24)22-17-18-23-28(36-30(35)37-39(22)23)38(21-15-13-14-16-21)31(41)51-32(4,5)6/h17-18,21,24-27H,10-16,19-20H2,1-9H3/t24-,25-,26-,27+,34?/m1/s1. The number of ether oxygens (including phenoxy) is 7. The van der Waals surface area contributed by atoms with Crippen molar-refractivity contribution < 1.29 is 56.4 Å². The third-order valence-corrected chi connectivity index (χ3v) is 11.6. The molecule has 5 atom stereocenters. The van der Waals surface area contributed by atoms with Gasteiger partial charge in [0.15, 0.2) is 11.6 Å². The lowest BCUT2D eigenvalue weighted by atomic mass is 10.1. The highest BCUT2D eigenvalue weighted by molar-refractivity contribution is 7.56. The van der Waals surface area contributed by atoms with Crippen molar-refractivity contribution in [3.63, 3.8) is 0 Å². The van der Waals surface area contributed by atoms with E-state index in [1.807, 2.05) is 20.8 Å². The molecule has 1 aliphatic carbocycles. The van der Waals surface area contributed by atoms with Crippen LogP contribution in [0.2, 0.25) is 5.28 Å². The third-order valence-electron chi connectivity index (χ3n) is 8.91. The largest absolute Gasteiger partial charge is 0.463 e. The Bertz CT molecular complexity index is 1620. The zero-order valence-corrected chi connectivity index (χ0v) is 33.1. The summed E-state index contributed by atoms with van der Waals surface area (Å²) in [7, 11) is -3.01. The number of nitrogens with zero attached hydrogens (tertiary/aromatic N) is 4. The number of fused-ring (bicyclic) bond motifs is 2. The molecule has 0 N–H and O–H groups in total. The van der Waals surface area contributed by atoms with Gasteiger partial charge in [-0.1, -0.05) is 12.8 Å². The van der Waals surface area contributed by atoms with E-state index >= 15 is 0 Å². The second-order valence-corrected chi connectivity index (χ2v) is 16.9. The molecule has 16 nitrogen and oxygen atoms in total. The van der Waals surface area contributed by atoms with Crippen LogP contribution in [0.1, 0.15) is 92.9 Å². The summed E-state index contributed by atoms with van der Waals surface area (Å²) in [5, 5.41) is 2.15. The van der Waals surface area contributed by atoms with Gasteiger partial charge in [-0.2, -0.15) is 4.98 Å². The first kappa shape index (κ1) is 40.8. The summed E-state index contributed by atoms with van der Waals surface area (Å²) < 4.78 is 69.2. The van der Waals surface area contributed by atoms with Gasteiger partial charge in [-0.3, -0.25) is 9.46 Å². The number of halogens is 1. The number of aromatic nitrogens is 3. The Kier molecular flexibility index (Phi) is 12.7. The van der Waals surface area contributed by atoms with E-state index in [1.54, 1.807) is 56.2 Å². The molecule has 5 rings (SSSR count). The summed E-state index contributed by atoms with van der Waals surface area (Å²) >= 11 is 6.57. The van der Waals surface area contributed by atoms with Gasteiger partial charge in [0.1, 0.15) is 35.5 Å². The van der Waals surface area contributed by atoms with Gasteiger partial charge in [0.05, 0.1) is 38.7 Å². The van der Waals surface area contributed by atoms with E-state index in [-0.39, 0.29) is 37.8 Å². The maximum absolute atomic E-state index is 14.3. The highest BCUT2D eigenvalue weighted by Crippen LogP contribution is 2.61. The Morgan fingerprint density at radius 3 is 2.31 bits per heavy atom. The van der Waals surface area contributed by atoms with Crippen LogP contribution >= 0.6 is 19.2 Å². The van der Waals surface area contributed by atoms with E-state index in [4.69, 9.17) is 53.8 Å². The summed E-state index contributed by atoms with van der Waals surface area (Å²) in [6.07, 6.45) is -0.0743. The summed E-state index contributed by atoms with van der Waals surface area (Å²) in [6, 6.07) is 3.46. The molecule has 18 heteroatoms. The predicted molar refractivity (Wildman–Crippen MR) is 188 cm³/mol. The molecule has 2 aliphatic heterocycles. The van der Waals surface area contributed by atoms with Gasteiger partial charge in [-0.05, 0) is 92.0 Å². The number of carbonyl (C=O) groups is 2. The van der Waals surface area contributed by atoms with Gasteiger partial charge in [-0.15, -0.1) is 5.10 Å². The number of esters is 1. The van der Waals surface area contributed by atoms with Gasteiger partial charge in [0.25, 0.3) is 5.34 Å². The summed E-state index contributed by atoms with van der Waals surface area (Å²) in [5.41, 5.74) is 0.307. The number of methoxy groups -OCH3 is 1. The quantitative estimate of drug-likeness (QED) is 0.148. The van der Waals surface area contributed by atoms with Crippen LogP contribution in [0.3, 0.4) is 0 Å². The van der Waals surface area contributed by atoms with Crippen LogP contribution in [0.5, 0.6) is 0 Å². The van der Waals surface area contributed by atoms with Crippen molar-refractivity contribution in [3.8, 4) is 0 Å². The maximum atomic E-state index is 14.3. The number of amides is 1. The fourth-order valence-corrected chi connectivity index (χ4v) is 9.11. The molecule has 0 radical (unpaired) electrons. The Hall–Kier alpha value is -2.40. The third kappa shape index (κ3) is 8.15. The minimum Gasteiger partial charge on any atom is -0.463 e. The van der Waals surface area contributed by atoms with E-state index < -0.39 is 67.4 Å². The molecule has 52 heavy (non-hydrogen) atoms. The molecule has 1 unspecified atom stereocenters. The molecule has 1 amide bonds. The average molecular weight is 775 g/mol. The Balaban J connectivity index is 1.53. The van der Waals surface area contributed by atoms with Crippen molar-refractivity contribution in [2.75, 3.05) is 45.0 Å². The molecular weight excluding hydrogens is 723 g/mol. The molecule has 2 saturated heterocycles. The van der Waals surface area contributed by atoms with E-state index in [0.717, 1.165) is 25.7 Å². The number of hydrogen-bond acceptors (Lipinski definition) is 14. The van der Waals surface area contributed by atoms with Crippen LogP contribution in [-0.4, -0.2) is 108 Å². The number of rotatable bonds is 15. The first-order chi connectivity index (χ1) is 24.5. The van der Waals surface area contributed by atoms with Gasteiger partial charge in [-0.25, -0.2) is 14.1 Å². The Morgan fingerprint density at radius 1 is 1.06 bits per heavy atom. The van der Waals surface area contributed by atoms with Gasteiger partial charge in [0.2, 0.25) is 5.28 Å². The van der Waals surface area contributed by atoms with Gasteiger partial charge < -0.3 is 42.2 Å². The van der Waals surface area contributed by atoms with Crippen LogP contribution in [-0.2, 0) is 51.6 Å². The first-order valence-electron chi connectivity index (χ1n) is 17.8. The molecule has 0 spiro atoms. The van der Waals surface area contributed by atoms with Crippen molar-refractivity contribution in [2.24, 2.45) is 0 Å². The van der Waals surface area contributed by atoms with Crippen LogP contribution < -0.4 is 4.90 Å². The summed E-state index contributed by atoms with van der Waals surface area (Å²) in [4.78, 5) is 33.4. The molecule has 2 aromatic rings. The second-order valence-electron chi connectivity index (χ2n) is 14.3. The molecule has 292 valence electrons. The van der Waals surface area contributed by atoms with Gasteiger partial charge in [0, 0.05) is 13.2 Å². The molecule has 2 aromatic heterocycles. The van der Waals surface area contributed by atoms with Crippen LogP contribution in [0.25, 0.3) is 5.52 Å². The van der Waals surface area contributed by atoms with Crippen LogP contribution in [0.4, 0.5) is 10.6 Å². The van der Waals surface area contributed by atoms with Crippen molar-refractivity contribution in [1.29, 1.82) is 0 Å². The predicted octanol–water partition coefficient (Wildman–Crippen LogP) is 6.22. The zero-order chi connectivity index (χ0) is 38.1. The first-order valence-corrected chi connectivity index (χ1v) is 19.7. The Labute approximate surface area is 309 Å². The number of carbonyl (C=O) groups excluding carboxylic acids is 2. The van der Waals surface area contributed by atoms with E-state index in [2.05, 4.69) is 10.1 Å². The summed E-state index contributed by atoms with van der Waals surface area (Å²) in [5.74, 6) is -1.68. The Morgan fingerprint density at radius 2 is 1.71 bits per heavy atom. The molecule has 0 bridgehead atoms. The lowest BCUT2D eigenvalue weighted by molar-refractivity contribution is -0.202. The highest BCUT2D eigenvalue weighted by Gasteiger charge is 2.62. The molecule has 0 aromatic carbocycles. The molecule has 3 aliphatic rings. The molecule has 3 fully saturated rings. The lowest BCUT2D eigenvalue weighted by Crippen LogP contribution is -2.50. The van der Waals surface area contributed by atoms with Crippen molar-refractivity contribution in [1.82, 2.24) is 14.6 Å². The minimum absolute atomic E-state index is 0.0243. The maximum Gasteiger partial charge on any atom is 0.416 e. The van der Waals surface area contributed by atoms with E-state index in [1.165, 1.54) is 7.11 Å². The van der Waals surface area contributed by atoms with Crippen molar-refractivity contribution >= 4 is 42.6 Å². The summed E-state index contributed by atoms with van der Waals surface area (Å²) in [6.45, 7) is 12.9. The SMILES string of the molecule is CCOC(=O)C(COC)(OC[C@H]1O[C@H](c2ccc3c(N(C(=O)OC(C)(C)C)C4CCCC4)nc(Cl)nn23)[C@@H]2OC(C)(C)O[C@@H]21)P(=O)(OCC)OCC. The highest BCUT2D eigenvalue weighted by atomic mass is 35.5. The fraction of sp³-hybridized carbons (Fsp3) is 0.765. The lowest BCUT2D eigenvalue weighted by Gasteiger charge is -2.36. The molecule has 1 saturated carbocycles. The number of anilines is 1.